The SMILES string of the molecule is O=[N+]([O-])c1cccc(Cl)c1CNc1c(F)cccc1Cl. The van der Waals surface area contributed by atoms with Crippen LogP contribution in [0.2, 0.25) is 10.0 Å². The van der Waals surface area contributed by atoms with Crippen molar-refractivity contribution >= 4 is 34.6 Å². The fourth-order valence-electron chi connectivity index (χ4n) is 1.74. The second kappa shape index (κ2) is 6.07. The van der Waals surface area contributed by atoms with Crippen molar-refractivity contribution in [3.8, 4) is 0 Å². The predicted octanol–water partition coefficient (Wildman–Crippen LogP) is 4.65. The molecule has 2 aromatic carbocycles. The second-order valence-corrected chi connectivity index (χ2v) is 4.76. The predicted molar refractivity (Wildman–Crippen MR) is 76.8 cm³/mol. The number of nitro benzene ring substituents is 1. The fourth-order valence-corrected chi connectivity index (χ4v) is 2.20. The molecule has 2 aromatic rings. The molecule has 0 spiro atoms. The fraction of sp³-hybridized carbons (Fsp3) is 0.0769. The third-order valence-corrected chi connectivity index (χ3v) is 3.36. The molecule has 104 valence electrons. The number of para-hydroxylation sites is 1. The highest BCUT2D eigenvalue weighted by atomic mass is 35.5. The Bertz CT molecular complexity index is 645. The minimum Gasteiger partial charge on any atom is -0.377 e. The quantitative estimate of drug-likeness (QED) is 0.660. The summed E-state index contributed by atoms with van der Waals surface area (Å²) in [4.78, 5) is 10.4. The van der Waals surface area contributed by atoms with Crippen LogP contribution in [0.25, 0.3) is 0 Å². The minimum atomic E-state index is -0.536. The van der Waals surface area contributed by atoms with Gasteiger partial charge in [0, 0.05) is 12.6 Å². The van der Waals surface area contributed by atoms with Crippen molar-refractivity contribution < 1.29 is 9.31 Å². The number of benzene rings is 2. The van der Waals surface area contributed by atoms with Gasteiger partial charge in [-0.25, -0.2) is 4.39 Å². The maximum Gasteiger partial charge on any atom is 0.275 e. The van der Waals surface area contributed by atoms with E-state index < -0.39 is 10.7 Å². The normalized spacial score (nSPS) is 10.3. The Labute approximate surface area is 124 Å². The number of nitrogens with one attached hydrogen (secondary N) is 1. The molecule has 0 saturated heterocycles. The van der Waals surface area contributed by atoms with Crippen LogP contribution >= 0.6 is 23.2 Å². The van der Waals surface area contributed by atoms with Gasteiger partial charge in [-0.3, -0.25) is 10.1 Å². The molecule has 0 bridgehead atoms. The number of halogens is 3. The highest BCUT2D eigenvalue weighted by molar-refractivity contribution is 6.33. The Hall–Kier alpha value is -1.85. The van der Waals surface area contributed by atoms with Crippen LogP contribution in [0.5, 0.6) is 0 Å². The van der Waals surface area contributed by atoms with Crippen molar-refractivity contribution in [3.63, 3.8) is 0 Å². The summed E-state index contributed by atoms with van der Waals surface area (Å²) in [5.74, 6) is -0.535. The van der Waals surface area contributed by atoms with Crippen LogP contribution in [0.4, 0.5) is 15.8 Å². The summed E-state index contributed by atoms with van der Waals surface area (Å²) < 4.78 is 13.6. The summed E-state index contributed by atoms with van der Waals surface area (Å²) in [5, 5.41) is 14.1. The van der Waals surface area contributed by atoms with E-state index in [1.807, 2.05) is 0 Å². The van der Waals surface area contributed by atoms with E-state index in [-0.39, 0.29) is 33.5 Å². The van der Waals surface area contributed by atoms with E-state index in [1.54, 1.807) is 0 Å². The van der Waals surface area contributed by atoms with E-state index in [0.717, 1.165) is 0 Å². The van der Waals surface area contributed by atoms with Gasteiger partial charge in [0.05, 0.1) is 26.2 Å². The molecule has 20 heavy (non-hydrogen) atoms. The number of anilines is 1. The van der Waals surface area contributed by atoms with Gasteiger partial charge < -0.3 is 5.32 Å². The Kier molecular flexibility index (Phi) is 4.42. The third-order valence-electron chi connectivity index (χ3n) is 2.70. The molecule has 0 amide bonds. The van der Waals surface area contributed by atoms with E-state index in [4.69, 9.17) is 23.2 Å². The van der Waals surface area contributed by atoms with Crippen LogP contribution in [0.1, 0.15) is 5.56 Å². The highest BCUT2D eigenvalue weighted by Crippen LogP contribution is 2.29. The van der Waals surface area contributed by atoms with Crippen LogP contribution in [-0.2, 0) is 6.54 Å². The van der Waals surface area contributed by atoms with Crippen molar-refractivity contribution in [2.75, 3.05) is 5.32 Å². The van der Waals surface area contributed by atoms with Crippen molar-refractivity contribution in [3.05, 3.63) is 67.9 Å². The average molecular weight is 315 g/mol. The maximum absolute atomic E-state index is 13.6. The summed E-state index contributed by atoms with van der Waals surface area (Å²) in [6, 6.07) is 8.60. The number of nitro groups is 1. The zero-order valence-corrected chi connectivity index (χ0v) is 11.6. The molecule has 4 nitrogen and oxygen atoms in total. The van der Waals surface area contributed by atoms with E-state index in [9.17, 15) is 14.5 Å². The molecule has 0 aromatic heterocycles. The first-order valence-electron chi connectivity index (χ1n) is 5.60. The van der Waals surface area contributed by atoms with Gasteiger partial charge in [0.15, 0.2) is 0 Å². The molecule has 0 saturated carbocycles. The van der Waals surface area contributed by atoms with E-state index in [0.29, 0.717) is 0 Å². The van der Waals surface area contributed by atoms with Crippen molar-refractivity contribution in [1.29, 1.82) is 0 Å². The molecule has 0 fully saturated rings. The monoisotopic (exact) mass is 314 g/mol. The molecule has 0 aliphatic heterocycles. The molecule has 0 radical (unpaired) electrons. The third kappa shape index (κ3) is 3.00. The van der Waals surface area contributed by atoms with Gasteiger partial charge in [-0.15, -0.1) is 0 Å². The number of hydrogen-bond donors (Lipinski definition) is 1. The van der Waals surface area contributed by atoms with Crippen molar-refractivity contribution in [2.45, 2.75) is 6.54 Å². The van der Waals surface area contributed by atoms with Crippen LogP contribution in [-0.4, -0.2) is 4.92 Å². The van der Waals surface area contributed by atoms with E-state index >= 15 is 0 Å². The Morgan fingerprint density at radius 1 is 1.15 bits per heavy atom. The van der Waals surface area contributed by atoms with E-state index in [2.05, 4.69) is 5.32 Å². The number of hydrogen-bond acceptors (Lipinski definition) is 3. The van der Waals surface area contributed by atoms with Gasteiger partial charge in [0.1, 0.15) is 5.82 Å². The summed E-state index contributed by atoms with van der Waals surface area (Å²) in [6.07, 6.45) is 0. The molecular formula is C13H9Cl2FN2O2. The van der Waals surface area contributed by atoms with Crippen LogP contribution in [0.3, 0.4) is 0 Å². The summed E-state index contributed by atoms with van der Waals surface area (Å²) >= 11 is 11.8. The topological polar surface area (TPSA) is 55.2 Å². The minimum absolute atomic E-state index is 0.00333. The lowest BCUT2D eigenvalue weighted by atomic mass is 10.1. The van der Waals surface area contributed by atoms with Crippen LogP contribution in [0, 0.1) is 15.9 Å². The molecule has 1 N–H and O–H groups in total. The number of rotatable bonds is 4. The van der Waals surface area contributed by atoms with Crippen molar-refractivity contribution in [2.24, 2.45) is 0 Å². The molecule has 0 atom stereocenters. The Balaban J connectivity index is 2.30. The van der Waals surface area contributed by atoms with Gasteiger partial charge in [0.2, 0.25) is 0 Å². The van der Waals surface area contributed by atoms with Crippen LogP contribution < -0.4 is 5.32 Å². The smallest absolute Gasteiger partial charge is 0.275 e. The molecular weight excluding hydrogens is 306 g/mol. The average Bonchev–Trinajstić information content (AvgIpc) is 2.39. The van der Waals surface area contributed by atoms with Gasteiger partial charge in [-0.1, -0.05) is 35.3 Å². The van der Waals surface area contributed by atoms with Gasteiger partial charge in [0.25, 0.3) is 5.69 Å². The first-order valence-corrected chi connectivity index (χ1v) is 6.36. The van der Waals surface area contributed by atoms with Gasteiger partial charge in [-0.05, 0) is 18.2 Å². The first kappa shape index (κ1) is 14.6. The number of nitrogens with zero attached hydrogens (tertiary/aromatic N) is 1. The molecule has 7 heteroatoms. The second-order valence-electron chi connectivity index (χ2n) is 3.94. The molecule has 0 heterocycles. The lowest BCUT2D eigenvalue weighted by Crippen LogP contribution is -2.05. The molecule has 0 unspecified atom stereocenters. The zero-order valence-electron chi connectivity index (χ0n) is 10.1. The lowest BCUT2D eigenvalue weighted by molar-refractivity contribution is -0.385. The first-order chi connectivity index (χ1) is 9.50. The molecule has 0 aliphatic rings. The molecule has 0 aliphatic carbocycles. The largest absolute Gasteiger partial charge is 0.377 e. The van der Waals surface area contributed by atoms with Crippen molar-refractivity contribution in [1.82, 2.24) is 0 Å². The van der Waals surface area contributed by atoms with E-state index in [1.165, 1.54) is 36.4 Å². The van der Waals surface area contributed by atoms with Gasteiger partial charge in [-0.2, -0.15) is 0 Å². The molecule has 2 rings (SSSR count). The standard InChI is InChI=1S/C13H9Cl2FN2O2/c14-9-3-2-6-12(18(19)20)8(9)7-17-13-10(15)4-1-5-11(13)16/h1-6,17H,7H2. The summed E-state index contributed by atoms with van der Waals surface area (Å²) in [7, 11) is 0. The highest BCUT2D eigenvalue weighted by Gasteiger charge is 2.17. The Morgan fingerprint density at radius 2 is 1.80 bits per heavy atom. The summed E-state index contributed by atoms with van der Waals surface area (Å²) in [6.45, 7) is -0.00333. The van der Waals surface area contributed by atoms with Crippen LogP contribution in [0.15, 0.2) is 36.4 Å². The van der Waals surface area contributed by atoms with Gasteiger partial charge >= 0.3 is 0 Å². The lowest BCUT2D eigenvalue weighted by Gasteiger charge is -2.10. The Morgan fingerprint density at radius 3 is 2.45 bits per heavy atom. The zero-order chi connectivity index (χ0) is 14.7. The summed E-state index contributed by atoms with van der Waals surface area (Å²) in [5.41, 5.74) is 0.235. The maximum atomic E-state index is 13.6.